The molecular formula is C22H23ClF3N3O3. The van der Waals surface area contributed by atoms with Crippen LogP contribution in [0.1, 0.15) is 48.3 Å². The normalized spacial score (nSPS) is 20.7. The van der Waals surface area contributed by atoms with Gasteiger partial charge in [0.2, 0.25) is 0 Å². The van der Waals surface area contributed by atoms with Gasteiger partial charge in [-0.05, 0) is 57.2 Å². The van der Waals surface area contributed by atoms with Gasteiger partial charge in [-0.25, -0.2) is 4.79 Å². The molecule has 0 bridgehead atoms. The molecular weight excluding hydrogens is 447 g/mol. The number of carbonyl (C=O) groups excluding carboxylic acids is 2. The number of fused-ring (bicyclic) bond motifs is 2. The van der Waals surface area contributed by atoms with Gasteiger partial charge in [-0.15, -0.1) is 0 Å². The number of nitrogens with zero attached hydrogens (tertiary/aromatic N) is 2. The lowest BCUT2D eigenvalue weighted by Crippen LogP contribution is -2.66. The van der Waals surface area contributed by atoms with E-state index in [-0.39, 0.29) is 12.1 Å². The first-order valence-electron chi connectivity index (χ1n) is 10.4. The van der Waals surface area contributed by atoms with E-state index >= 15 is 0 Å². The van der Waals surface area contributed by atoms with E-state index < -0.39 is 29.8 Å². The molecule has 4 rings (SSSR count). The predicted octanol–water partition coefficient (Wildman–Crippen LogP) is 4.02. The number of piperazine rings is 1. The smallest absolute Gasteiger partial charge is 0.433 e. The summed E-state index contributed by atoms with van der Waals surface area (Å²) in [7, 11) is 0. The Morgan fingerprint density at radius 3 is 2.69 bits per heavy atom. The highest BCUT2D eigenvalue weighted by Gasteiger charge is 2.49. The summed E-state index contributed by atoms with van der Waals surface area (Å²) in [5, 5.41) is 4.36. The largest absolute Gasteiger partial charge is 0.491 e. The zero-order valence-electron chi connectivity index (χ0n) is 17.7. The van der Waals surface area contributed by atoms with Gasteiger partial charge in [-0.1, -0.05) is 17.7 Å². The molecule has 1 aliphatic heterocycles. The topological polar surface area (TPSA) is 71.5 Å². The van der Waals surface area contributed by atoms with E-state index in [0.717, 1.165) is 47.2 Å². The zero-order chi connectivity index (χ0) is 23.3. The summed E-state index contributed by atoms with van der Waals surface area (Å²) in [6.07, 6.45) is -2.86. The first-order valence-corrected chi connectivity index (χ1v) is 10.8. The number of alkyl halides is 3. The van der Waals surface area contributed by atoms with E-state index in [1.165, 1.54) is 0 Å². The van der Waals surface area contributed by atoms with Gasteiger partial charge in [-0.3, -0.25) is 9.78 Å². The van der Waals surface area contributed by atoms with Crippen LogP contribution in [0.4, 0.5) is 13.2 Å². The number of esters is 1. The maximum Gasteiger partial charge on any atom is 0.491 e. The van der Waals surface area contributed by atoms with Crippen LogP contribution in [0.5, 0.6) is 0 Å². The highest BCUT2D eigenvalue weighted by Crippen LogP contribution is 2.34. The van der Waals surface area contributed by atoms with Crippen LogP contribution in [-0.4, -0.2) is 52.8 Å². The molecule has 1 aromatic heterocycles. The monoisotopic (exact) mass is 469 g/mol. The highest BCUT2D eigenvalue weighted by molar-refractivity contribution is 6.36. The van der Waals surface area contributed by atoms with E-state index in [1.807, 2.05) is 0 Å². The summed E-state index contributed by atoms with van der Waals surface area (Å²) >= 11 is 6.59. The molecule has 1 unspecified atom stereocenters. The Morgan fingerprint density at radius 1 is 1.25 bits per heavy atom. The molecule has 2 heterocycles. The third-order valence-corrected chi connectivity index (χ3v) is 6.42. The van der Waals surface area contributed by atoms with Crippen molar-refractivity contribution in [1.82, 2.24) is 15.2 Å². The van der Waals surface area contributed by atoms with Crippen molar-refractivity contribution in [3.63, 3.8) is 0 Å². The van der Waals surface area contributed by atoms with Crippen LogP contribution in [0.15, 0.2) is 18.2 Å². The van der Waals surface area contributed by atoms with Crippen LogP contribution in [0.3, 0.4) is 0 Å². The van der Waals surface area contributed by atoms with E-state index in [1.54, 1.807) is 32.0 Å². The molecule has 0 radical (unpaired) electrons. The number of rotatable bonds is 2. The molecule has 2 aromatic rings. The Hall–Kier alpha value is -2.39. The standard InChI is InChI=1S/C22H23ClF3N3O3/c1-21(2)19(32-20(31)22(24,25)26)29(10-9-27-21)18(30)12-7-8-14-16(11-12)28-15-6-4-3-5-13(15)17(14)23/h7-8,11,19,27H,3-6,9-10H2,1-2H3. The second-order valence-corrected chi connectivity index (χ2v) is 9.07. The van der Waals surface area contributed by atoms with Crippen LogP contribution in [-0.2, 0) is 22.4 Å². The number of carbonyl (C=O) groups is 2. The first-order chi connectivity index (χ1) is 15.0. The van der Waals surface area contributed by atoms with E-state index in [9.17, 15) is 22.8 Å². The van der Waals surface area contributed by atoms with Crippen molar-refractivity contribution in [3.05, 3.63) is 40.0 Å². The summed E-state index contributed by atoms with van der Waals surface area (Å²) in [4.78, 5) is 30.7. The minimum atomic E-state index is -5.16. The lowest BCUT2D eigenvalue weighted by atomic mass is 9.94. The Bertz CT molecular complexity index is 1090. The third kappa shape index (κ3) is 4.15. The van der Waals surface area contributed by atoms with Crippen molar-refractivity contribution < 1.29 is 27.5 Å². The molecule has 1 fully saturated rings. The number of amides is 1. The lowest BCUT2D eigenvalue weighted by Gasteiger charge is -2.45. The molecule has 0 saturated carbocycles. The van der Waals surface area contributed by atoms with Crippen molar-refractivity contribution in [3.8, 4) is 0 Å². The first kappa shape index (κ1) is 22.8. The minimum Gasteiger partial charge on any atom is -0.433 e. The SMILES string of the molecule is CC1(C)NCCN(C(=O)c2ccc3c(Cl)c4c(nc3c2)CCCC4)C1OC(=O)C(F)(F)F. The number of pyridine rings is 1. The fraction of sp³-hybridized carbons (Fsp3) is 0.500. The molecule has 32 heavy (non-hydrogen) atoms. The number of ether oxygens (including phenoxy) is 1. The Morgan fingerprint density at radius 2 is 1.97 bits per heavy atom. The summed E-state index contributed by atoms with van der Waals surface area (Å²) < 4.78 is 43.3. The maximum atomic E-state index is 13.3. The van der Waals surface area contributed by atoms with Crippen molar-refractivity contribution >= 4 is 34.4 Å². The van der Waals surface area contributed by atoms with Crippen LogP contribution < -0.4 is 5.32 Å². The Labute approximate surface area is 188 Å². The molecule has 10 heteroatoms. The number of benzene rings is 1. The van der Waals surface area contributed by atoms with Gasteiger partial charge in [-0.2, -0.15) is 13.2 Å². The molecule has 0 spiro atoms. The molecule has 1 aliphatic carbocycles. The molecule has 172 valence electrons. The summed E-state index contributed by atoms with van der Waals surface area (Å²) in [6.45, 7) is 3.57. The maximum absolute atomic E-state index is 13.3. The second kappa shape index (κ2) is 8.19. The molecule has 1 aromatic carbocycles. The van der Waals surface area contributed by atoms with Gasteiger partial charge in [0, 0.05) is 29.7 Å². The Balaban J connectivity index is 1.69. The Kier molecular flexibility index (Phi) is 5.83. The van der Waals surface area contributed by atoms with Crippen molar-refractivity contribution in [1.29, 1.82) is 0 Å². The number of aryl methyl sites for hydroxylation is 1. The van der Waals surface area contributed by atoms with Crippen molar-refractivity contribution in [2.24, 2.45) is 0 Å². The molecule has 1 amide bonds. The van der Waals surface area contributed by atoms with E-state index in [2.05, 4.69) is 5.32 Å². The van der Waals surface area contributed by atoms with Gasteiger partial charge in [0.05, 0.1) is 16.1 Å². The average Bonchev–Trinajstić information content (AvgIpc) is 2.73. The number of halogens is 4. The number of aromatic nitrogens is 1. The predicted molar refractivity (Wildman–Crippen MR) is 112 cm³/mol. The van der Waals surface area contributed by atoms with Crippen molar-refractivity contribution in [2.75, 3.05) is 13.1 Å². The third-order valence-electron chi connectivity index (χ3n) is 5.98. The molecule has 1 saturated heterocycles. The molecule has 1 atom stereocenters. The summed E-state index contributed by atoms with van der Waals surface area (Å²) in [5.74, 6) is -2.88. The minimum absolute atomic E-state index is 0.0779. The molecule has 2 aliphatic rings. The van der Waals surface area contributed by atoms with Gasteiger partial charge in [0.1, 0.15) is 0 Å². The number of nitrogens with one attached hydrogen (secondary N) is 1. The van der Waals surface area contributed by atoms with E-state index in [4.69, 9.17) is 21.3 Å². The number of hydrogen-bond acceptors (Lipinski definition) is 5. The van der Waals surface area contributed by atoms with Crippen LogP contribution >= 0.6 is 11.6 Å². The van der Waals surface area contributed by atoms with E-state index in [0.29, 0.717) is 17.1 Å². The average molecular weight is 470 g/mol. The van der Waals surface area contributed by atoms with Crippen LogP contribution in [0.25, 0.3) is 10.9 Å². The van der Waals surface area contributed by atoms with Gasteiger partial charge >= 0.3 is 12.1 Å². The second-order valence-electron chi connectivity index (χ2n) is 8.69. The summed E-state index contributed by atoms with van der Waals surface area (Å²) in [6, 6.07) is 4.87. The summed E-state index contributed by atoms with van der Waals surface area (Å²) in [5.41, 5.74) is 1.67. The quantitative estimate of drug-likeness (QED) is 0.673. The number of hydrogen-bond donors (Lipinski definition) is 1. The zero-order valence-corrected chi connectivity index (χ0v) is 18.4. The van der Waals surface area contributed by atoms with Crippen LogP contribution in [0, 0.1) is 0 Å². The van der Waals surface area contributed by atoms with Gasteiger partial charge in [0.25, 0.3) is 5.91 Å². The fourth-order valence-corrected chi connectivity index (χ4v) is 4.71. The van der Waals surface area contributed by atoms with Gasteiger partial charge < -0.3 is 15.0 Å². The molecule has 6 nitrogen and oxygen atoms in total. The van der Waals surface area contributed by atoms with Gasteiger partial charge in [0.15, 0.2) is 6.23 Å². The van der Waals surface area contributed by atoms with Crippen molar-refractivity contribution in [2.45, 2.75) is 57.5 Å². The lowest BCUT2D eigenvalue weighted by molar-refractivity contribution is -0.218. The highest BCUT2D eigenvalue weighted by atomic mass is 35.5. The fourth-order valence-electron chi connectivity index (χ4n) is 4.35. The molecule has 1 N–H and O–H groups in total. The van der Waals surface area contributed by atoms with Crippen LogP contribution in [0.2, 0.25) is 5.02 Å².